The molecule has 8 heteroatoms. The Hall–Kier alpha value is -1.31. The maximum absolute atomic E-state index is 12.8. The Balaban J connectivity index is 0.00000225. The number of anilines is 1. The second kappa shape index (κ2) is 8.38. The zero-order valence-electron chi connectivity index (χ0n) is 14.1. The molecule has 1 aromatic carbocycles. The Bertz CT molecular complexity index is 658. The van der Waals surface area contributed by atoms with Crippen molar-refractivity contribution in [2.24, 2.45) is 11.7 Å². The van der Waals surface area contributed by atoms with Crippen molar-refractivity contribution in [1.29, 1.82) is 0 Å². The van der Waals surface area contributed by atoms with Crippen LogP contribution in [-0.2, 0) is 9.59 Å². The first-order valence-electron chi connectivity index (χ1n) is 8.22. The number of carbonyl (C=O) groups excluding carboxylic acids is 2. The van der Waals surface area contributed by atoms with Gasteiger partial charge in [-0.1, -0.05) is 22.9 Å². The van der Waals surface area contributed by atoms with E-state index in [1.807, 2.05) is 17.0 Å². The molecule has 2 N–H and O–H groups in total. The van der Waals surface area contributed by atoms with Crippen molar-refractivity contribution < 1.29 is 14.3 Å². The molecule has 1 aromatic rings. The number of ether oxygens (including phenoxy) is 1. The minimum absolute atomic E-state index is 0. The topological polar surface area (TPSA) is 75.9 Å². The fourth-order valence-electron chi connectivity index (χ4n) is 3.38. The predicted molar refractivity (Wildman–Crippen MR) is 102 cm³/mol. The van der Waals surface area contributed by atoms with Crippen LogP contribution in [0, 0.1) is 5.92 Å². The Labute approximate surface area is 162 Å². The molecule has 1 fully saturated rings. The van der Waals surface area contributed by atoms with E-state index in [1.165, 1.54) is 4.90 Å². The van der Waals surface area contributed by atoms with E-state index in [0.717, 1.165) is 17.3 Å². The summed E-state index contributed by atoms with van der Waals surface area (Å²) >= 11 is 3.39. The lowest BCUT2D eigenvalue weighted by molar-refractivity contribution is -0.135. The van der Waals surface area contributed by atoms with E-state index < -0.39 is 0 Å². The minimum atomic E-state index is -0.201. The zero-order valence-corrected chi connectivity index (χ0v) is 16.5. The summed E-state index contributed by atoms with van der Waals surface area (Å²) in [6.45, 7) is 3.32. The third-order valence-electron chi connectivity index (χ3n) is 4.73. The summed E-state index contributed by atoms with van der Waals surface area (Å²) in [4.78, 5) is 28.4. The number of likely N-dealkylation sites (tertiary alicyclic amines) is 1. The lowest BCUT2D eigenvalue weighted by Gasteiger charge is -2.39. The molecule has 25 heavy (non-hydrogen) atoms. The molecule has 1 saturated heterocycles. The molecule has 6 nitrogen and oxygen atoms in total. The quantitative estimate of drug-likeness (QED) is 0.794. The lowest BCUT2D eigenvalue weighted by atomic mass is 9.92. The summed E-state index contributed by atoms with van der Waals surface area (Å²) in [5, 5.41) is 0. The van der Waals surface area contributed by atoms with E-state index in [1.54, 1.807) is 6.07 Å². The van der Waals surface area contributed by atoms with Gasteiger partial charge in [0, 0.05) is 23.6 Å². The molecular weight excluding hydrogens is 410 g/mol. The first-order valence-corrected chi connectivity index (χ1v) is 9.01. The van der Waals surface area contributed by atoms with E-state index in [-0.39, 0.29) is 43.4 Å². The normalized spacial score (nSPS) is 22.8. The molecule has 2 heterocycles. The number of fused-ring (bicyclic) bond motifs is 1. The summed E-state index contributed by atoms with van der Waals surface area (Å²) in [7, 11) is 0. The summed E-state index contributed by atoms with van der Waals surface area (Å²) in [5.74, 6) is 0.930. The highest BCUT2D eigenvalue weighted by molar-refractivity contribution is 9.10. The smallest absolute Gasteiger partial charge is 0.265 e. The summed E-state index contributed by atoms with van der Waals surface area (Å²) < 4.78 is 6.33. The number of piperidine rings is 1. The van der Waals surface area contributed by atoms with Gasteiger partial charge in [0.1, 0.15) is 12.3 Å². The summed E-state index contributed by atoms with van der Waals surface area (Å²) in [6, 6.07) is 5.50. The van der Waals surface area contributed by atoms with Gasteiger partial charge in [0.25, 0.3) is 5.91 Å². The number of hydrogen-bond donors (Lipinski definition) is 1. The van der Waals surface area contributed by atoms with Crippen LogP contribution >= 0.6 is 28.3 Å². The summed E-state index contributed by atoms with van der Waals surface area (Å²) in [6.07, 6.45) is 1.89. The van der Waals surface area contributed by atoms with E-state index in [2.05, 4.69) is 22.9 Å². The Kier molecular flexibility index (Phi) is 6.71. The number of hydrogen-bond acceptors (Lipinski definition) is 4. The SMILES string of the molecule is CC1CCN(C(=O)CN2C(=O)COc3cc(Br)ccc32)C(CN)C1.Cl. The van der Waals surface area contributed by atoms with Crippen LogP contribution in [0.5, 0.6) is 5.75 Å². The number of nitrogens with two attached hydrogens (primary N) is 1. The molecule has 2 aliphatic heterocycles. The van der Waals surface area contributed by atoms with Crippen molar-refractivity contribution in [3.8, 4) is 5.75 Å². The highest BCUT2D eigenvalue weighted by Crippen LogP contribution is 2.34. The molecular formula is C17H23BrClN3O3. The van der Waals surface area contributed by atoms with Gasteiger partial charge in [0.2, 0.25) is 5.91 Å². The molecule has 0 aliphatic carbocycles. The average molecular weight is 433 g/mol. The molecule has 0 saturated carbocycles. The van der Waals surface area contributed by atoms with Gasteiger partial charge in [-0.2, -0.15) is 0 Å². The molecule has 138 valence electrons. The third kappa shape index (κ3) is 4.27. The van der Waals surface area contributed by atoms with Gasteiger partial charge >= 0.3 is 0 Å². The first kappa shape index (κ1) is 20.0. The zero-order chi connectivity index (χ0) is 17.3. The second-order valence-corrected chi connectivity index (χ2v) is 7.40. The monoisotopic (exact) mass is 431 g/mol. The van der Waals surface area contributed by atoms with Crippen LogP contribution in [0.15, 0.2) is 22.7 Å². The van der Waals surface area contributed by atoms with Crippen molar-refractivity contribution in [1.82, 2.24) is 4.90 Å². The van der Waals surface area contributed by atoms with Crippen LogP contribution in [0.1, 0.15) is 19.8 Å². The molecule has 0 bridgehead atoms. The Morgan fingerprint density at radius 3 is 2.92 bits per heavy atom. The van der Waals surface area contributed by atoms with E-state index in [9.17, 15) is 9.59 Å². The van der Waals surface area contributed by atoms with Crippen LogP contribution in [0.25, 0.3) is 0 Å². The van der Waals surface area contributed by atoms with Gasteiger partial charge in [0.05, 0.1) is 5.69 Å². The van der Waals surface area contributed by atoms with Crippen molar-refractivity contribution in [2.75, 3.05) is 31.1 Å². The van der Waals surface area contributed by atoms with Gasteiger partial charge < -0.3 is 15.4 Å². The summed E-state index contributed by atoms with van der Waals surface area (Å²) in [5.41, 5.74) is 6.48. The maximum Gasteiger partial charge on any atom is 0.265 e. The van der Waals surface area contributed by atoms with Crippen LogP contribution in [0.4, 0.5) is 5.69 Å². The number of amides is 2. The van der Waals surface area contributed by atoms with E-state index >= 15 is 0 Å². The van der Waals surface area contributed by atoms with Crippen LogP contribution in [0.3, 0.4) is 0 Å². The Morgan fingerprint density at radius 2 is 2.20 bits per heavy atom. The van der Waals surface area contributed by atoms with Crippen molar-refractivity contribution in [3.05, 3.63) is 22.7 Å². The molecule has 2 unspecified atom stereocenters. The molecule has 2 amide bonds. The highest BCUT2D eigenvalue weighted by atomic mass is 79.9. The van der Waals surface area contributed by atoms with Crippen LogP contribution in [0.2, 0.25) is 0 Å². The highest BCUT2D eigenvalue weighted by Gasteiger charge is 2.33. The third-order valence-corrected chi connectivity index (χ3v) is 5.22. The van der Waals surface area contributed by atoms with Gasteiger partial charge in [0.15, 0.2) is 6.61 Å². The molecule has 0 radical (unpaired) electrons. The van der Waals surface area contributed by atoms with Gasteiger partial charge in [-0.05, 0) is 37.0 Å². The first-order chi connectivity index (χ1) is 11.5. The molecule has 2 atom stereocenters. The van der Waals surface area contributed by atoms with Gasteiger partial charge in [-0.25, -0.2) is 0 Å². The average Bonchev–Trinajstić information content (AvgIpc) is 2.57. The predicted octanol–water partition coefficient (Wildman–Crippen LogP) is 2.18. The fraction of sp³-hybridized carbons (Fsp3) is 0.529. The van der Waals surface area contributed by atoms with Crippen molar-refractivity contribution >= 4 is 45.8 Å². The number of halogens is 2. The fourth-order valence-corrected chi connectivity index (χ4v) is 3.72. The molecule has 3 rings (SSSR count). The van der Waals surface area contributed by atoms with Crippen molar-refractivity contribution in [3.63, 3.8) is 0 Å². The number of benzene rings is 1. The second-order valence-electron chi connectivity index (χ2n) is 6.49. The number of nitrogens with zero attached hydrogens (tertiary/aromatic N) is 2. The largest absolute Gasteiger partial charge is 0.482 e. The molecule has 0 aromatic heterocycles. The molecule has 0 spiro atoms. The van der Waals surface area contributed by atoms with E-state index in [0.29, 0.717) is 30.4 Å². The number of rotatable bonds is 3. The minimum Gasteiger partial charge on any atom is -0.482 e. The molecule has 2 aliphatic rings. The van der Waals surface area contributed by atoms with Crippen molar-refractivity contribution in [2.45, 2.75) is 25.8 Å². The van der Waals surface area contributed by atoms with Gasteiger partial charge in [-0.15, -0.1) is 12.4 Å². The Morgan fingerprint density at radius 1 is 1.44 bits per heavy atom. The lowest BCUT2D eigenvalue weighted by Crippen LogP contribution is -2.53. The van der Waals surface area contributed by atoms with Gasteiger partial charge in [-0.3, -0.25) is 14.5 Å². The van der Waals surface area contributed by atoms with Crippen LogP contribution in [-0.4, -0.2) is 49.0 Å². The standard InChI is InChI=1S/C17H22BrN3O3.ClH/c1-11-4-5-20(13(6-11)8-19)16(22)9-21-14-3-2-12(18)7-15(14)24-10-17(21)23;/h2-3,7,11,13H,4-6,8-10,19H2,1H3;1H. The maximum atomic E-state index is 12.8. The van der Waals surface area contributed by atoms with Crippen LogP contribution < -0.4 is 15.4 Å². The van der Waals surface area contributed by atoms with E-state index in [4.69, 9.17) is 10.5 Å². The number of carbonyl (C=O) groups is 2.